The molecule has 2 aromatic rings. The standard InChI is InChI=1S/C19H22F3N3OS/c20-19(21,22)15-3-1-4-16(13-15)23-14-18(26)25-10-8-24(9-11-25)7-6-17-5-2-12-27-17/h1-5,12-13,23H,6-11,14H2. The van der Waals surface area contributed by atoms with Crippen molar-refractivity contribution in [2.45, 2.75) is 12.6 Å². The van der Waals surface area contributed by atoms with Crippen LogP contribution in [0, 0.1) is 0 Å². The molecule has 146 valence electrons. The van der Waals surface area contributed by atoms with Gasteiger partial charge in [0.15, 0.2) is 0 Å². The van der Waals surface area contributed by atoms with Gasteiger partial charge in [0.25, 0.3) is 0 Å². The number of hydrogen-bond donors (Lipinski definition) is 1. The van der Waals surface area contributed by atoms with Crippen LogP contribution in [0.2, 0.25) is 0 Å². The number of anilines is 1. The lowest BCUT2D eigenvalue weighted by Crippen LogP contribution is -2.50. The smallest absolute Gasteiger partial charge is 0.376 e. The first-order valence-corrected chi connectivity index (χ1v) is 9.73. The van der Waals surface area contributed by atoms with Crippen molar-refractivity contribution in [3.63, 3.8) is 0 Å². The number of benzene rings is 1. The molecule has 1 saturated heterocycles. The first-order chi connectivity index (χ1) is 12.9. The van der Waals surface area contributed by atoms with E-state index >= 15 is 0 Å². The summed E-state index contributed by atoms with van der Waals surface area (Å²) in [7, 11) is 0. The highest BCUT2D eigenvalue weighted by Crippen LogP contribution is 2.30. The summed E-state index contributed by atoms with van der Waals surface area (Å²) in [6.07, 6.45) is -3.37. The van der Waals surface area contributed by atoms with Gasteiger partial charge in [0.1, 0.15) is 0 Å². The van der Waals surface area contributed by atoms with Gasteiger partial charge in [-0.3, -0.25) is 9.69 Å². The van der Waals surface area contributed by atoms with E-state index in [1.807, 2.05) is 6.07 Å². The minimum absolute atomic E-state index is 0.00347. The van der Waals surface area contributed by atoms with Crippen LogP contribution in [0.25, 0.3) is 0 Å². The molecule has 1 aromatic carbocycles. The van der Waals surface area contributed by atoms with Crippen LogP contribution in [-0.4, -0.2) is 55.0 Å². The number of carbonyl (C=O) groups is 1. The molecule has 1 aliphatic heterocycles. The Morgan fingerprint density at radius 1 is 1.11 bits per heavy atom. The second kappa shape index (κ2) is 8.75. The van der Waals surface area contributed by atoms with E-state index in [2.05, 4.69) is 21.7 Å². The van der Waals surface area contributed by atoms with E-state index in [1.54, 1.807) is 16.2 Å². The summed E-state index contributed by atoms with van der Waals surface area (Å²) in [6.45, 7) is 3.91. The molecule has 0 atom stereocenters. The topological polar surface area (TPSA) is 35.6 Å². The fraction of sp³-hybridized carbons (Fsp3) is 0.421. The molecular weight excluding hydrogens is 375 g/mol. The second-order valence-corrected chi connectivity index (χ2v) is 7.52. The summed E-state index contributed by atoms with van der Waals surface area (Å²) in [5.74, 6) is -0.0923. The number of rotatable bonds is 6. The number of hydrogen-bond acceptors (Lipinski definition) is 4. The van der Waals surface area contributed by atoms with Crippen LogP contribution in [0.15, 0.2) is 41.8 Å². The third-order valence-corrected chi connectivity index (χ3v) is 5.55. The van der Waals surface area contributed by atoms with E-state index in [1.165, 1.54) is 17.0 Å². The average molecular weight is 397 g/mol. The van der Waals surface area contributed by atoms with E-state index in [9.17, 15) is 18.0 Å². The van der Waals surface area contributed by atoms with Gasteiger partial charge in [-0.1, -0.05) is 12.1 Å². The lowest BCUT2D eigenvalue weighted by Gasteiger charge is -2.34. The largest absolute Gasteiger partial charge is 0.416 e. The van der Waals surface area contributed by atoms with Gasteiger partial charge in [-0.25, -0.2) is 0 Å². The molecule has 1 amide bonds. The minimum atomic E-state index is -4.39. The molecule has 1 N–H and O–H groups in total. The summed E-state index contributed by atoms with van der Waals surface area (Å²) >= 11 is 1.75. The number of halogens is 3. The SMILES string of the molecule is O=C(CNc1cccc(C(F)(F)F)c1)N1CCN(CCc2cccs2)CC1. The summed E-state index contributed by atoms with van der Waals surface area (Å²) in [5.41, 5.74) is -0.424. The maximum absolute atomic E-state index is 12.7. The molecule has 0 saturated carbocycles. The van der Waals surface area contributed by atoms with Gasteiger partial charge in [-0.05, 0) is 36.1 Å². The highest BCUT2D eigenvalue weighted by Gasteiger charge is 2.30. The number of thiophene rings is 1. The highest BCUT2D eigenvalue weighted by molar-refractivity contribution is 7.09. The predicted octanol–water partition coefficient (Wildman–Crippen LogP) is 3.57. The van der Waals surface area contributed by atoms with Gasteiger partial charge in [-0.15, -0.1) is 11.3 Å². The number of nitrogens with one attached hydrogen (secondary N) is 1. The third-order valence-electron chi connectivity index (χ3n) is 4.61. The summed E-state index contributed by atoms with van der Waals surface area (Å²) < 4.78 is 38.2. The molecule has 0 spiro atoms. The molecule has 2 heterocycles. The van der Waals surface area contributed by atoms with Crippen LogP contribution in [0.5, 0.6) is 0 Å². The molecule has 1 aliphatic rings. The molecule has 0 radical (unpaired) electrons. The van der Waals surface area contributed by atoms with Crippen molar-refractivity contribution in [2.75, 3.05) is 44.6 Å². The third kappa shape index (κ3) is 5.71. The van der Waals surface area contributed by atoms with E-state index < -0.39 is 11.7 Å². The number of carbonyl (C=O) groups excluding carboxylic acids is 1. The van der Waals surface area contributed by atoms with Crippen molar-refractivity contribution in [3.05, 3.63) is 52.2 Å². The zero-order chi connectivity index (χ0) is 19.3. The first kappa shape index (κ1) is 19.7. The Labute approximate surface area is 160 Å². The lowest BCUT2D eigenvalue weighted by molar-refractivity contribution is -0.137. The Balaban J connectivity index is 1.42. The van der Waals surface area contributed by atoms with Crippen LogP contribution in [0.4, 0.5) is 18.9 Å². The molecule has 0 unspecified atom stereocenters. The number of piperazine rings is 1. The molecule has 0 aliphatic carbocycles. The van der Waals surface area contributed by atoms with Gasteiger partial charge in [0.2, 0.25) is 5.91 Å². The molecule has 8 heteroatoms. The fourth-order valence-electron chi connectivity index (χ4n) is 3.04. The Morgan fingerprint density at radius 3 is 2.56 bits per heavy atom. The Bertz CT molecular complexity index is 741. The monoisotopic (exact) mass is 397 g/mol. The molecule has 3 rings (SSSR count). The van der Waals surface area contributed by atoms with E-state index in [-0.39, 0.29) is 12.5 Å². The summed E-state index contributed by atoms with van der Waals surface area (Å²) in [5, 5.41) is 4.88. The van der Waals surface area contributed by atoms with Gasteiger partial charge < -0.3 is 10.2 Å². The fourth-order valence-corrected chi connectivity index (χ4v) is 3.74. The maximum atomic E-state index is 12.7. The Hall–Kier alpha value is -2.06. The van der Waals surface area contributed by atoms with Crippen LogP contribution in [-0.2, 0) is 17.4 Å². The molecule has 4 nitrogen and oxygen atoms in total. The molecular formula is C19H22F3N3OS. The predicted molar refractivity (Wildman–Crippen MR) is 101 cm³/mol. The van der Waals surface area contributed by atoms with Gasteiger partial charge in [0, 0.05) is 43.3 Å². The van der Waals surface area contributed by atoms with E-state index in [0.717, 1.165) is 38.2 Å². The van der Waals surface area contributed by atoms with Gasteiger partial charge in [0.05, 0.1) is 12.1 Å². The summed E-state index contributed by atoms with van der Waals surface area (Å²) in [6, 6.07) is 9.09. The zero-order valence-electron chi connectivity index (χ0n) is 14.8. The minimum Gasteiger partial charge on any atom is -0.376 e. The van der Waals surface area contributed by atoms with Crippen molar-refractivity contribution in [1.82, 2.24) is 9.80 Å². The quantitative estimate of drug-likeness (QED) is 0.810. The number of alkyl halides is 3. The summed E-state index contributed by atoms with van der Waals surface area (Å²) in [4.78, 5) is 17.8. The van der Waals surface area contributed by atoms with Crippen molar-refractivity contribution >= 4 is 22.9 Å². The average Bonchev–Trinajstić information content (AvgIpc) is 3.18. The molecule has 1 fully saturated rings. The number of amides is 1. The van der Waals surface area contributed by atoms with Crippen LogP contribution in [0.1, 0.15) is 10.4 Å². The highest BCUT2D eigenvalue weighted by atomic mass is 32.1. The normalized spacial score (nSPS) is 15.7. The van der Waals surface area contributed by atoms with Gasteiger partial charge >= 0.3 is 6.18 Å². The zero-order valence-corrected chi connectivity index (χ0v) is 15.7. The second-order valence-electron chi connectivity index (χ2n) is 6.48. The van der Waals surface area contributed by atoms with Crippen molar-refractivity contribution in [3.8, 4) is 0 Å². The Morgan fingerprint density at radius 2 is 1.89 bits per heavy atom. The lowest BCUT2D eigenvalue weighted by atomic mass is 10.2. The number of nitrogens with zero attached hydrogens (tertiary/aromatic N) is 2. The molecule has 1 aromatic heterocycles. The Kier molecular flexibility index (Phi) is 6.38. The van der Waals surface area contributed by atoms with Crippen molar-refractivity contribution in [2.24, 2.45) is 0 Å². The van der Waals surface area contributed by atoms with Crippen molar-refractivity contribution < 1.29 is 18.0 Å². The maximum Gasteiger partial charge on any atom is 0.416 e. The molecule has 0 bridgehead atoms. The molecule has 27 heavy (non-hydrogen) atoms. The van der Waals surface area contributed by atoms with Crippen LogP contribution < -0.4 is 5.32 Å². The van der Waals surface area contributed by atoms with E-state index in [0.29, 0.717) is 18.8 Å². The van der Waals surface area contributed by atoms with Crippen molar-refractivity contribution in [1.29, 1.82) is 0 Å². The van der Waals surface area contributed by atoms with Crippen LogP contribution in [0.3, 0.4) is 0 Å². The first-order valence-electron chi connectivity index (χ1n) is 8.85. The van der Waals surface area contributed by atoms with Crippen LogP contribution >= 0.6 is 11.3 Å². The van der Waals surface area contributed by atoms with E-state index in [4.69, 9.17) is 0 Å². The van der Waals surface area contributed by atoms with Gasteiger partial charge in [-0.2, -0.15) is 13.2 Å².